The van der Waals surface area contributed by atoms with Crippen molar-refractivity contribution in [3.63, 3.8) is 0 Å². The summed E-state index contributed by atoms with van der Waals surface area (Å²) in [5, 5.41) is 2.08. The molecule has 5 nitrogen and oxygen atoms in total. The Morgan fingerprint density at radius 2 is 1.92 bits per heavy atom. The number of nitrogens with one attached hydrogen (secondary N) is 1. The molecule has 0 bridgehead atoms. The molecule has 1 aromatic rings. The minimum Gasteiger partial charge on any atom is -0.322 e. The molecule has 0 heterocycles. The molecule has 26 heavy (non-hydrogen) atoms. The van der Waals surface area contributed by atoms with Gasteiger partial charge in [0.05, 0.1) is 18.5 Å². The number of allylic oxidation sites excluding steroid dienone is 1. The van der Waals surface area contributed by atoms with Crippen LogP contribution in [0, 0.1) is 17.5 Å². The number of benzene rings is 1. The monoisotopic (exact) mass is 390 g/mol. The van der Waals surface area contributed by atoms with E-state index >= 15 is 0 Å². The van der Waals surface area contributed by atoms with Crippen LogP contribution in [0.3, 0.4) is 0 Å². The van der Waals surface area contributed by atoms with E-state index < -0.39 is 45.6 Å². The van der Waals surface area contributed by atoms with Crippen LogP contribution >= 0.6 is 0 Å². The van der Waals surface area contributed by atoms with Gasteiger partial charge in [-0.1, -0.05) is 11.6 Å². The Morgan fingerprint density at radius 1 is 1.19 bits per heavy atom. The van der Waals surface area contributed by atoms with Gasteiger partial charge in [0.1, 0.15) is 0 Å². The predicted octanol–water partition coefficient (Wildman–Crippen LogP) is 3.19. The fourth-order valence-corrected chi connectivity index (χ4v) is 3.51. The first-order valence-electron chi connectivity index (χ1n) is 8.25. The lowest BCUT2D eigenvalue weighted by Crippen LogP contribution is -2.38. The Labute approximate surface area is 150 Å². The molecule has 0 radical (unpaired) electrons. The van der Waals surface area contributed by atoms with E-state index in [0.29, 0.717) is 12.5 Å². The molecule has 1 aliphatic rings. The van der Waals surface area contributed by atoms with Crippen molar-refractivity contribution in [2.45, 2.75) is 32.1 Å². The summed E-state index contributed by atoms with van der Waals surface area (Å²) in [6.07, 6.45) is 7.62. The number of anilines is 1. The van der Waals surface area contributed by atoms with Gasteiger partial charge in [0.2, 0.25) is 15.9 Å². The van der Waals surface area contributed by atoms with E-state index in [1.54, 1.807) is 0 Å². The van der Waals surface area contributed by atoms with Gasteiger partial charge in [-0.05, 0) is 44.2 Å². The zero-order valence-electron chi connectivity index (χ0n) is 14.4. The molecule has 144 valence electrons. The number of rotatable bonds is 7. The van der Waals surface area contributed by atoms with Gasteiger partial charge in [-0.3, -0.25) is 4.79 Å². The van der Waals surface area contributed by atoms with Crippen LogP contribution in [0.4, 0.5) is 18.9 Å². The van der Waals surface area contributed by atoms with Gasteiger partial charge in [-0.15, -0.1) is 0 Å². The first-order chi connectivity index (χ1) is 12.2. The van der Waals surface area contributed by atoms with Crippen LogP contribution in [0.5, 0.6) is 0 Å². The molecule has 0 atom stereocenters. The molecule has 0 aliphatic heterocycles. The van der Waals surface area contributed by atoms with Crippen LogP contribution in [-0.4, -0.2) is 38.0 Å². The Bertz CT molecular complexity index is 810. The van der Waals surface area contributed by atoms with Crippen molar-refractivity contribution in [3.05, 3.63) is 41.2 Å². The lowest BCUT2D eigenvalue weighted by atomic mass is 9.97. The number of hydrogen-bond acceptors (Lipinski definition) is 3. The molecule has 1 N–H and O–H groups in total. The van der Waals surface area contributed by atoms with Gasteiger partial charge in [0, 0.05) is 6.54 Å². The van der Waals surface area contributed by atoms with Crippen LogP contribution in [0.1, 0.15) is 32.1 Å². The highest BCUT2D eigenvalue weighted by Gasteiger charge is 2.22. The number of carbonyl (C=O) groups excluding carboxylic acids is 1. The summed E-state index contributed by atoms with van der Waals surface area (Å²) in [5.41, 5.74) is 0.606. The van der Waals surface area contributed by atoms with Crippen LogP contribution in [0.15, 0.2) is 23.8 Å². The molecule has 0 unspecified atom stereocenters. The van der Waals surface area contributed by atoms with Crippen molar-refractivity contribution in [1.82, 2.24) is 4.31 Å². The lowest BCUT2D eigenvalue weighted by Gasteiger charge is -2.21. The topological polar surface area (TPSA) is 66.5 Å². The molecule has 1 aromatic carbocycles. The second kappa shape index (κ2) is 8.68. The molecule has 0 aromatic heterocycles. The van der Waals surface area contributed by atoms with Gasteiger partial charge >= 0.3 is 0 Å². The molecule has 9 heteroatoms. The molecule has 0 fully saturated rings. The number of nitrogens with zero attached hydrogens (tertiary/aromatic N) is 1. The summed E-state index contributed by atoms with van der Waals surface area (Å²) in [6, 6.07) is 1.56. The fraction of sp³-hybridized carbons (Fsp3) is 0.471. The Balaban J connectivity index is 2.02. The average Bonchev–Trinajstić information content (AvgIpc) is 2.59. The van der Waals surface area contributed by atoms with E-state index in [-0.39, 0.29) is 6.54 Å². The number of sulfonamides is 1. The van der Waals surface area contributed by atoms with Gasteiger partial charge in [0.25, 0.3) is 0 Å². The minimum absolute atomic E-state index is 0.123. The number of hydrogen-bond donors (Lipinski definition) is 1. The highest BCUT2D eigenvalue weighted by Crippen LogP contribution is 2.21. The minimum atomic E-state index is -3.66. The van der Waals surface area contributed by atoms with Gasteiger partial charge in [-0.2, -0.15) is 4.31 Å². The van der Waals surface area contributed by atoms with Crippen molar-refractivity contribution in [3.8, 4) is 0 Å². The van der Waals surface area contributed by atoms with Gasteiger partial charge < -0.3 is 5.32 Å². The quantitative estimate of drug-likeness (QED) is 0.574. The van der Waals surface area contributed by atoms with Crippen molar-refractivity contribution in [2.24, 2.45) is 0 Å². The second-order valence-electron chi connectivity index (χ2n) is 6.23. The van der Waals surface area contributed by atoms with E-state index in [4.69, 9.17) is 0 Å². The Kier molecular flexibility index (Phi) is 6.82. The maximum absolute atomic E-state index is 13.6. The van der Waals surface area contributed by atoms with Crippen LogP contribution in [0.2, 0.25) is 0 Å². The third-order valence-electron chi connectivity index (χ3n) is 4.17. The largest absolute Gasteiger partial charge is 0.322 e. The number of carbonyl (C=O) groups is 1. The van der Waals surface area contributed by atoms with Crippen molar-refractivity contribution in [2.75, 3.05) is 24.7 Å². The van der Waals surface area contributed by atoms with E-state index in [2.05, 4.69) is 11.4 Å². The highest BCUT2D eigenvalue weighted by molar-refractivity contribution is 7.88. The van der Waals surface area contributed by atoms with E-state index in [0.717, 1.165) is 47.9 Å². The summed E-state index contributed by atoms with van der Waals surface area (Å²) in [7, 11) is -3.66. The molecule has 0 saturated carbocycles. The van der Waals surface area contributed by atoms with Gasteiger partial charge in [0.15, 0.2) is 17.5 Å². The summed E-state index contributed by atoms with van der Waals surface area (Å²) in [4.78, 5) is 12.1. The van der Waals surface area contributed by atoms with Crippen molar-refractivity contribution < 1.29 is 26.4 Å². The van der Waals surface area contributed by atoms with E-state index in [1.807, 2.05) is 0 Å². The first kappa shape index (κ1) is 20.4. The normalized spacial score (nSPS) is 15.0. The standard InChI is InChI=1S/C17H21F3N2O3S/c1-26(24,25)22(10-9-12-5-3-2-4-6-12)11-15(23)21-14-8-7-13(18)16(19)17(14)20/h5,7-8H,2-4,6,9-11H2,1H3,(H,21,23). The lowest BCUT2D eigenvalue weighted by molar-refractivity contribution is -0.116. The van der Waals surface area contributed by atoms with E-state index in [1.165, 1.54) is 0 Å². The summed E-state index contributed by atoms with van der Waals surface area (Å²) in [5.74, 6) is -5.44. The summed E-state index contributed by atoms with van der Waals surface area (Å²) in [6.45, 7) is -0.414. The molecule has 1 amide bonds. The van der Waals surface area contributed by atoms with E-state index in [9.17, 15) is 26.4 Å². The molecule has 1 aliphatic carbocycles. The van der Waals surface area contributed by atoms with Crippen molar-refractivity contribution in [1.29, 1.82) is 0 Å². The van der Waals surface area contributed by atoms with Gasteiger partial charge in [-0.25, -0.2) is 21.6 Å². The zero-order valence-corrected chi connectivity index (χ0v) is 15.2. The maximum atomic E-state index is 13.6. The molecule has 0 saturated heterocycles. The molecular weight excluding hydrogens is 369 g/mol. The Hall–Kier alpha value is -1.87. The first-order valence-corrected chi connectivity index (χ1v) is 10.1. The molecular formula is C17H21F3N2O3S. The number of halogens is 3. The zero-order chi connectivity index (χ0) is 19.3. The maximum Gasteiger partial charge on any atom is 0.239 e. The van der Waals surface area contributed by atoms with Crippen LogP contribution < -0.4 is 5.32 Å². The number of amides is 1. The fourth-order valence-electron chi connectivity index (χ4n) is 2.73. The summed E-state index contributed by atoms with van der Waals surface area (Å²) >= 11 is 0. The molecule has 0 spiro atoms. The van der Waals surface area contributed by atoms with Crippen molar-refractivity contribution >= 4 is 21.6 Å². The molecule has 2 rings (SSSR count). The summed E-state index contributed by atoms with van der Waals surface area (Å²) < 4.78 is 64.5. The third kappa shape index (κ3) is 5.57. The third-order valence-corrected chi connectivity index (χ3v) is 5.42. The van der Waals surface area contributed by atoms with Crippen LogP contribution in [0.25, 0.3) is 0 Å². The van der Waals surface area contributed by atoms with Crippen LogP contribution in [-0.2, 0) is 14.8 Å². The Morgan fingerprint density at radius 3 is 2.54 bits per heavy atom. The smallest absolute Gasteiger partial charge is 0.239 e. The SMILES string of the molecule is CS(=O)(=O)N(CCC1=CCCCC1)CC(=O)Nc1ccc(F)c(F)c1F. The highest BCUT2D eigenvalue weighted by atomic mass is 32.2. The predicted molar refractivity (Wildman–Crippen MR) is 92.5 cm³/mol. The second-order valence-corrected chi connectivity index (χ2v) is 8.21. The average molecular weight is 390 g/mol.